The van der Waals surface area contributed by atoms with E-state index in [1.54, 1.807) is 58.6 Å². The molecule has 0 saturated carbocycles. The maximum absolute atomic E-state index is 14.7. The van der Waals surface area contributed by atoms with Crippen LogP contribution in [0, 0.1) is 17.8 Å². The third-order valence-electron chi connectivity index (χ3n) is 17.9. The predicted octanol–water partition coefficient (Wildman–Crippen LogP) is 7.78. The van der Waals surface area contributed by atoms with Crippen LogP contribution in [0.4, 0.5) is 11.4 Å². The van der Waals surface area contributed by atoms with Crippen LogP contribution in [-0.4, -0.2) is 184 Å². The lowest BCUT2D eigenvalue weighted by atomic mass is 9.77. The Morgan fingerprint density at radius 1 is 0.831 bits per heavy atom. The van der Waals surface area contributed by atoms with Crippen molar-refractivity contribution in [1.29, 1.82) is 0 Å². The molecule has 0 unspecified atom stereocenters. The molecule has 456 valence electrons. The van der Waals surface area contributed by atoms with E-state index in [2.05, 4.69) is 5.32 Å². The number of aliphatic hydroxyl groups is 5. The van der Waals surface area contributed by atoms with Crippen molar-refractivity contribution < 1.29 is 68.3 Å². The van der Waals surface area contributed by atoms with E-state index in [0.717, 1.165) is 21.6 Å². The molecule has 4 aliphatic rings. The highest BCUT2D eigenvalue weighted by molar-refractivity contribution is 7.18. The van der Waals surface area contributed by atoms with Crippen LogP contribution in [0.15, 0.2) is 84.9 Å². The maximum atomic E-state index is 14.7. The van der Waals surface area contributed by atoms with Gasteiger partial charge in [-0.1, -0.05) is 75.4 Å². The zero-order valence-corrected chi connectivity index (χ0v) is 51.4. The predicted molar refractivity (Wildman–Crippen MR) is 318 cm³/mol. The van der Waals surface area contributed by atoms with E-state index < -0.39 is 96.0 Å². The molecule has 6 N–H and O–H groups in total. The van der Waals surface area contributed by atoms with Crippen molar-refractivity contribution in [2.75, 3.05) is 45.7 Å². The highest BCUT2D eigenvalue weighted by Gasteiger charge is 2.53. The zero-order valence-electron chi connectivity index (χ0n) is 50.6. The van der Waals surface area contributed by atoms with Crippen LogP contribution >= 0.6 is 11.3 Å². The Morgan fingerprint density at radius 3 is 2.12 bits per heavy atom. The summed E-state index contributed by atoms with van der Waals surface area (Å²) in [5.41, 5.74) is -0.325. The Bertz CT molecular complexity index is 2790. The number of nitrogens with zero attached hydrogens (tertiary/aromatic N) is 3. The second-order valence-electron chi connectivity index (χ2n) is 24.7. The van der Waals surface area contributed by atoms with E-state index in [1.807, 2.05) is 117 Å². The van der Waals surface area contributed by atoms with E-state index in [1.165, 1.54) is 25.4 Å². The van der Waals surface area contributed by atoms with Crippen molar-refractivity contribution in [3.8, 4) is 21.6 Å². The fraction of sp³-hybridized carbons (Fsp3) is 0.609. The Hall–Kier alpha value is -4.71. The summed E-state index contributed by atoms with van der Waals surface area (Å²) in [6.07, 6.45) is -8.98. The summed E-state index contributed by atoms with van der Waals surface area (Å²) in [5.74, 6) is -3.44. The number of aliphatic hydroxyl groups excluding tert-OH is 3. The van der Waals surface area contributed by atoms with Crippen molar-refractivity contribution in [3.05, 3.63) is 95.4 Å². The van der Waals surface area contributed by atoms with Gasteiger partial charge in [0.15, 0.2) is 12.6 Å². The summed E-state index contributed by atoms with van der Waals surface area (Å²) in [4.78, 5) is 50.4. The van der Waals surface area contributed by atoms with Crippen LogP contribution in [-0.2, 0) is 33.2 Å². The Kier molecular flexibility index (Phi) is 20.5. The van der Waals surface area contributed by atoms with E-state index in [0.29, 0.717) is 47.7 Å². The number of likely N-dealkylation sites (N-methyl/N-ethyl adjacent to an activating group) is 1. The van der Waals surface area contributed by atoms with Gasteiger partial charge in [-0.05, 0) is 124 Å². The minimum Gasteiger partial charge on any atom is -0.459 e. The molecule has 4 aliphatic heterocycles. The van der Waals surface area contributed by atoms with Crippen LogP contribution in [0.25, 0.3) is 21.6 Å². The van der Waals surface area contributed by atoms with Gasteiger partial charge in [-0.2, -0.15) is 0 Å². The Labute approximate surface area is 494 Å². The molecule has 2 amide bonds. The number of esters is 1. The molecule has 3 aromatic carbocycles. The number of carbonyl (C=O) groups excluding carboxylic acids is 3. The summed E-state index contributed by atoms with van der Waals surface area (Å²) in [5, 5.41) is 64.0. The first-order valence-electron chi connectivity index (χ1n) is 29.5. The van der Waals surface area contributed by atoms with Gasteiger partial charge in [-0.15, -0.1) is 11.3 Å². The molecule has 8 rings (SSSR count). The number of anilines is 2. The van der Waals surface area contributed by atoms with Gasteiger partial charge < -0.3 is 64.2 Å². The monoisotopic (exact) mass is 1170 g/mol. The lowest BCUT2D eigenvalue weighted by Crippen LogP contribution is -2.60. The van der Waals surface area contributed by atoms with E-state index >= 15 is 0 Å². The minimum atomic E-state index is -1.97. The summed E-state index contributed by atoms with van der Waals surface area (Å²) in [6, 6.07) is 25.4. The Morgan fingerprint density at radius 2 is 1.47 bits per heavy atom. The number of hydrogen-bond acceptors (Lipinski definition) is 17. The molecular weight excluding hydrogens is 1080 g/mol. The highest BCUT2D eigenvalue weighted by Crippen LogP contribution is 2.51. The van der Waals surface area contributed by atoms with Gasteiger partial charge in [-0.3, -0.25) is 24.2 Å². The number of para-hydroxylation sites is 2. The van der Waals surface area contributed by atoms with Crippen molar-refractivity contribution in [2.24, 2.45) is 17.8 Å². The van der Waals surface area contributed by atoms with Gasteiger partial charge in [0.05, 0.1) is 57.8 Å². The van der Waals surface area contributed by atoms with Crippen LogP contribution in [0.1, 0.15) is 121 Å². The molecule has 0 radical (unpaired) electrons. The summed E-state index contributed by atoms with van der Waals surface area (Å²) >= 11 is 1.36. The maximum Gasteiger partial charge on any atom is 0.311 e. The van der Waals surface area contributed by atoms with Gasteiger partial charge in [-0.25, -0.2) is 0 Å². The molecule has 4 aromatic rings. The summed E-state index contributed by atoms with van der Waals surface area (Å²) in [7, 11) is 5.25. The second kappa shape index (κ2) is 26.5. The van der Waals surface area contributed by atoms with Crippen molar-refractivity contribution >= 4 is 40.5 Å². The number of benzene rings is 3. The number of carbonyl (C=O) groups is 3. The molecule has 1 aromatic heterocycles. The normalized spacial score (nSPS) is 35.7. The standard InChI is InChI=1S/C64H90N4O14S/c1-14-50-64(10,76)55(70)40(6)67(30-22-29-65-58(72)49-32-45-43-25-18-20-27-46(43)68(59(73)42-23-16-15-17-24-42)47-28-21-19-26-44(47)54(45)83-49)35-36(2)33-62(8,75)57(82-61-52(69)48(66(11)12)31-37(3)78-61)38(4)53(39(5)60(74)80-50)81-51-34-63(9,77-13)56(71)41(7)79-51/h15-21,23-28,32,36-41,48,50-53,55-57,61,69-71,75-76H,14,22,29-31,33-35H2,1-13H3,(H,65,72)/t36-,37-,38+,39-,40-,41+,48+,50-,51+,52-,53+,55-,56+,57-,61+,62-,63-,64-/m1/s1. The number of hydrogen-bond donors (Lipinski definition) is 6. The number of ether oxygens (including phenoxy) is 6. The molecule has 5 heterocycles. The lowest BCUT2D eigenvalue weighted by Gasteiger charge is -2.48. The Balaban J connectivity index is 1.07. The SMILES string of the molecule is CC[C@H]1OC(=O)[C@H](C)[C@@H](O[C@H]2C[C@@](C)(OC)[C@@H](O)[C@H](C)O2)[C@H](C)[C@@H](O[C@@H]2O[C@H](C)C[C@H](N(C)C)[C@H]2O)[C@](C)(O)C[C@@H](C)CN(CCCNC(=O)c2cc3c(s2)-c2ccccc2N(C(=O)c2ccccc2)c2ccccc2-3)[C@H](C)[C@@H](O)[C@]1(C)O. The molecule has 0 aliphatic carbocycles. The molecule has 19 heteroatoms. The van der Waals surface area contributed by atoms with Gasteiger partial charge in [0.25, 0.3) is 11.8 Å². The highest BCUT2D eigenvalue weighted by atomic mass is 32.1. The number of nitrogens with one attached hydrogen (secondary N) is 1. The number of fused-ring (bicyclic) bond motifs is 5. The second-order valence-corrected chi connectivity index (χ2v) is 25.8. The van der Waals surface area contributed by atoms with Gasteiger partial charge in [0.2, 0.25) is 0 Å². The largest absolute Gasteiger partial charge is 0.459 e. The zero-order chi connectivity index (χ0) is 60.5. The average Bonchev–Trinajstić information content (AvgIpc) is 2.19. The summed E-state index contributed by atoms with van der Waals surface area (Å²) in [6.45, 7) is 18.4. The lowest BCUT2D eigenvalue weighted by molar-refractivity contribution is -0.318. The smallest absolute Gasteiger partial charge is 0.311 e. The van der Waals surface area contributed by atoms with Gasteiger partial charge in [0, 0.05) is 78.3 Å². The van der Waals surface area contributed by atoms with Crippen LogP contribution in [0.2, 0.25) is 0 Å². The van der Waals surface area contributed by atoms with Crippen molar-refractivity contribution in [3.63, 3.8) is 0 Å². The van der Waals surface area contributed by atoms with Crippen LogP contribution < -0.4 is 10.2 Å². The molecule has 18 atom stereocenters. The molecule has 3 fully saturated rings. The van der Waals surface area contributed by atoms with Crippen molar-refractivity contribution in [1.82, 2.24) is 15.1 Å². The molecule has 3 saturated heterocycles. The fourth-order valence-electron chi connectivity index (χ4n) is 13.2. The van der Waals surface area contributed by atoms with E-state index in [9.17, 15) is 39.9 Å². The third kappa shape index (κ3) is 13.6. The number of methoxy groups -OCH3 is 1. The third-order valence-corrected chi connectivity index (χ3v) is 19.1. The number of thiophene rings is 1. The van der Waals surface area contributed by atoms with E-state index in [-0.39, 0.29) is 55.7 Å². The molecule has 0 spiro atoms. The number of amides is 2. The average molecular weight is 1170 g/mol. The van der Waals surface area contributed by atoms with Crippen molar-refractivity contribution in [2.45, 2.75) is 192 Å². The number of rotatable bonds is 13. The molecule has 83 heavy (non-hydrogen) atoms. The first-order chi connectivity index (χ1) is 39.2. The van der Waals surface area contributed by atoms with Crippen LogP contribution in [0.5, 0.6) is 0 Å². The fourth-order valence-corrected chi connectivity index (χ4v) is 14.3. The van der Waals surface area contributed by atoms with Crippen LogP contribution in [0.3, 0.4) is 0 Å². The quantitative estimate of drug-likeness (QED) is 0.0555. The molecule has 18 nitrogen and oxygen atoms in total. The minimum absolute atomic E-state index is 0.0835. The van der Waals surface area contributed by atoms with Gasteiger partial charge in [0.1, 0.15) is 30.0 Å². The first-order valence-corrected chi connectivity index (χ1v) is 30.3. The molecular formula is C64H90N4O14S. The van der Waals surface area contributed by atoms with E-state index in [4.69, 9.17) is 28.4 Å². The number of cyclic esters (lactones) is 1. The summed E-state index contributed by atoms with van der Waals surface area (Å²) < 4.78 is 38.4. The topological polar surface area (TPSA) is 229 Å². The molecule has 0 bridgehead atoms. The first kappa shape index (κ1) is 64.3. The van der Waals surface area contributed by atoms with Gasteiger partial charge >= 0.3 is 5.97 Å².